The number of nitrogens with one attached hydrogen (secondary N) is 3. The normalized spacial score (nSPS) is 14.7. The van der Waals surface area contributed by atoms with Gasteiger partial charge in [0.2, 0.25) is 0 Å². The fourth-order valence-corrected chi connectivity index (χ4v) is 5.69. The largest absolute Gasteiger partial charge is 0.399 e. The van der Waals surface area contributed by atoms with E-state index in [-0.39, 0.29) is 23.0 Å². The number of aryl methyl sites for hydroxylation is 1. The summed E-state index contributed by atoms with van der Waals surface area (Å²) < 4.78 is 1.76. The highest BCUT2D eigenvalue weighted by molar-refractivity contribution is 6.01. The van der Waals surface area contributed by atoms with E-state index in [9.17, 15) is 9.59 Å². The first-order valence-corrected chi connectivity index (χ1v) is 15.0. The Bertz CT molecular complexity index is 1560. The van der Waals surface area contributed by atoms with Crippen molar-refractivity contribution in [1.29, 1.82) is 0 Å². The van der Waals surface area contributed by atoms with Crippen LogP contribution in [-0.4, -0.2) is 34.7 Å². The number of nitrogens with zero attached hydrogens (tertiary/aromatic N) is 2. The molecule has 1 atom stereocenters. The van der Waals surface area contributed by atoms with Gasteiger partial charge in [-0.25, -0.2) is 9.48 Å². The minimum absolute atomic E-state index is 0.138. The number of benzene rings is 3. The van der Waals surface area contributed by atoms with Crippen LogP contribution in [0.15, 0.2) is 78.9 Å². The Labute approximate surface area is 254 Å². The van der Waals surface area contributed by atoms with Crippen LogP contribution in [0.3, 0.4) is 0 Å². The molecule has 5 rings (SSSR count). The van der Waals surface area contributed by atoms with Crippen LogP contribution in [0.5, 0.6) is 0 Å². The number of hydrogen-bond donors (Lipinski definition) is 4. The second kappa shape index (κ2) is 12.8. The Hall–Kier alpha value is -4.43. The third kappa shape index (κ3) is 7.32. The van der Waals surface area contributed by atoms with Gasteiger partial charge in [-0.05, 0) is 80.2 Å². The maximum Gasteiger partial charge on any atom is 0.324 e. The molecule has 5 N–H and O–H groups in total. The minimum atomic E-state index is -0.392. The summed E-state index contributed by atoms with van der Waals surface area (Å²) in [4.78, 5) is 27.5. The van der Waals surface area contributed by atoms with Gasteiger partial charge in [0.05, 0.1) is 11.4 Å². The third-order valence-electron chi connectivity index (χ3n) is 8.10. The van der Waals surface area contributed by atoms with E-state index in [1.54, 1.807) is 4.68 Å². The molecule has 8 nitrogen and oxygen atoms in total. The van der Waals surface area contributed by atoms with E-state index >= 15 is 0 Å². The van der Waals surface area contributed by atoms with Crippen LogP contribution in [0, 0.1) is 12.8 Å². The van der Waals surface area contributed by atoms with Crippen molar-refractivity contribution in [2.24, 2.45) is 5.92 Å². The molecule has 3 aromatic carbocycles. The van der Waals surface area contributed by atoms with Gasteiger partial charge in [-0.2, -0.15) is 5.10 Å². The van der Waals surface area contributed by atoms with Crippen LogP contribution in [0.1, 0.15) is 61.9 Å². The predicted octanol–water partition coefficient (Wildman–Crippen LogP) is 6.60. The number of ketones is 1. The first-order valence-electron chi connectivity index (χ1n) is 15.0. The molecule has 224 valence electrons. The summed E-state index contributed by atoms with van der Waals surface area (Å²) >= 11 is 0. The number of rotatable bonds is 8. The lowest BCUT2D eigenvalue weighted by atomic mass is 9.76. The first kappa shape index (κ1) is 30.0. The molecule has 1 saturated heterocycles. The number of piperidine rings is 1. The maximum absolute atomic E-state index is 14.0. The Balaban J connectivity index is 1.42. The van der Waals surface area contributed by atoms with Gasteiger partial charge in [0.15, 0.2) is 0 Å². The standard InChI is InChI=1S/C35H42N6O2/c1-23-9-15-27(16-10-23)41-32(22-31(40-41)35(2,3)4)39-34(43)38-29-8-6-5-7-28(29)33(25-17-19-37-20-18-25)30(42)21-24-11-13-26(36)14-12-24/h5-16,22,25,33,37H,17-21,36H2,1-4H3,(H2,38,39,43). The maximum atomic E-state index is 14.0. The Kier molecular flexibility index (Phi) is 8.97. The Morgan fingerprint density at radius 1 is 0.977 bits per heavy atom. The molecule has 0 bridgehead atoms. The second-order valence-corrected chi connectivity index (χ2v) is 12.5. The van der Waals surface area contributed by atoms with Crippen molar-refractivity contribution < 1.29 is 9.59 Å². The lowest BCUT2D eigenvalue weighted by Gasteiger charge is -2.31. The molecule has 1 aromatic heterocycles. The van der Waals surface area contributed by atoms with Gasteiger partial charge in [0.25, 0.3) is 0 Å². The van der Waals surface area contributed by atoms with Crippen molar-refractivity contribution in [3.63, 3.8) is 0 Å². The molecule has 1 unspecified atom stereocenters. The van der Waals surface area contributed by atoms with Crippen LogP contribution in [0.2, 0.25) is 0 Å². The fourth-order valence-electron chi connectivity index (χ4n) is 5.69. The van der Waals surface area contributed by atoms with Crippen LogP contribution in [-0.2, 0) is 16.6 Å². The summed E-state index contributed by atoms with van der Waals surface area (Å²) in [5, 5.41) is 14.3. The van der Waals surface area contributed by atoms with E-state index in [1.165, 1.54) is 0 Å². The van der Waals surface area contributed by atoms with E-state index < -0.39 is 6.03 Å². The molecular weight excluding hydrogens is 536 g/mol. The SMILES string of the molecule is Cc1ccc(-n2nc(C(C)(C)C)cc2NC(=O)Nc2ccccc2C(C(=O)Cc2ccc(N)cc2)C2CCNCC2)cc1. The van der Waals surface area contributed by atoms with Crippen molar-refractivity contribution in [3.8, 4) is 5.69 Å². The van der Waals surface area contributed by atoms with Crippen LogP contribution in [0.4, 0.5) is 22.0 Å². The Morgan fingerprint density at radius 3 is 2.33 bits per heavy atom. The molecule has 8 heteroatoms. The quantitative estimate of drug-likeness (QED) is 0.176. The zero-order valence-corrected chi connectivity index (χ0v) is 25.5. The molecule has 2 heterocycles. The lowest BCUT2D eigenvalue weighted by molar-refractivity contribution is -0.121. The average molecular weight is 579 g/mol. The van der Waals surface area contributed by atoms with Gasteiger partial charge in [0.1, 0.15) is 11.6 Å². The van der Waals surface area contributed by atoms with E-state index in [0.717, 1.165) is 54.0 Å². The number of para-hydroxylation sites is 1. The fraction of sp³-hybridized carbons (Fsp3) is 0.343. The van der Waals surface area contributed by atoms with Crippen molar-refractivity contribution >= 4 is 29.0 Å². The van der Waals surface area contributed by atoms with Crippen LogP contribution < -0.4 is 21.7 Å². The van der Waals surface area contributed by atoms with Gasteiger partial charge < -0.3 is 16.4 Å². The number of nitrogens with two attached hydrogens (primary N) is 1. The molecule has 0 radical (unpaired) electrons. The lowest BCUT2D eigenvalue weighted by Crippen LogP contribution is -2.34. The molecule has 1 fully saturated rings. The topological polar surface area (TPSA) is 114 Å². The molecular formula is C35H42N6O2. The monoisotopic (exact) mass is 578 g/mol. The zero-order chi connectivity index (χ0) is 30.6. The van der Waals surface area contributed by atoms with Crippen LogP contribution >= 0.6 is 0 Å². The summed E-state index contributed by atoms with van der Waals surface area (Å²) in [6.07, 6.45) is 2.09. The van der Waals surface area contributed by atoms with Gasteiger partial charge in [-0.3, -0.25) is 10.1 Å². The first-order chi connectivity index (χ1) is 20.6. The average Bonchev–Trinajstić information content (AvgIpc) is 3.40. The van der Waals surface area contributed by atoms with Crippen molar-refractivity contribution in [2.45, 2.75) is 58.3 Å². The number of carbonyl (C=O) groups is 2. The highest BCUT2D eigenvalue weighted by atomic mass is 16.2. The van der Waals surface area contributed by atoms with Crippen molar-refractivity contribution in [1.82, 2.24) is 15.1 Å². The minimum Gasteiger partial charge on any atom is -0.399 e. The Morgan fingerprint density at radius 2 is 1.65 bits per heavy atom. The number of Topliss-reactive ketones (excluding diaryl/α,β-unsaturated/α-hetero) is 1. The molecule has 0 saturated carbocycles. The van der Waals surface area contributed by atoms with Crippen molar-refractivity contribution in [3.05, 3.63) is 101 Å². The van der Waals surface area contributed by atoms with Crippen molar-refractivity contribution in [2.75, 3.05) is 29.5 Å². The summed E-state index contributed by atoms with van der Waals surface area (Å²) in [7, 11) is 0. The van der Waals surface area contributed by atoms with E-state index in [2.05, 4.69) is 36.7 Å². The predicted molar refractivity (Wildman–Crippen MR) is 174 cm³/mol. The molecule has 1 aliphatic heterocycles. The van der Waals surface area contributed by atoms with Crippen LogP contribution in [0.25, 0.3) is 5.69 Å². The van der Waals surface area contributed by atoms with Gasteiger partial charge in [0, 0.05) is 35.2 Å². The second-order valence-electron chi connectivity index (χ2n) is 12.5. The number of amides is 2. The molecule has 0 spiro atoms. The zero-order valence-electron chi connectivity index (χ0n) is 25.5. The van der Waals surface area contributed by atoms with E-state index in [1.807, 2.05) is 85.8 Å². The highest BCUT2D eigenvalue weighted by Crippen LogP contribution is 2.37. The van der Waals surface area contributed by atoms with Gasteiger partial charge in [-0.1, -0.05) is 68.8 Å². The summed E-state index contributed by atoms with van der Waals surface area (Å²) in [5.74, 6) is 0.532. The number of nitrogen functional groups attached to an aromatic ring is 1. The molecule has 0 aliphatic carbocycles. The smallest absolute Gasteiger partial charge is 0.324 e. The van der Waals surface area contributed by atoms with E-state index in [0.29, 0.717) is 23.6 Å². The molecule has 2 amide bonds. The molecule has 4 aromatic rings. The molecule has 43 heavy (non-hydrogen) atoms. The number of aromatic nitrogens is 2. The third-order valence-corrected chi connectivity index (χ3v) is 8.10. The summed E-state index contributed by atoms with van der Waals surface area (Å²) in [6, 6.07) is 24.7. The number of hydrogen-bond acceptors (Lipinski definition) is 5. The molecule has 1 aliphatic rings. The highest BCUT2D eigenvalue weighted by Gasteiger charge is 2.32. The number of carbonyl (C=O) groups excluding carboxylic acids is 2. The number of anilines is 3. The number of urea groups is 1. The van der Waals surface area contributed by atoms with Gasteiger partial charge >= 0.3 is 6.03 Å². The summed E-state index contributed by atoms with van der Waals surface area (Å²) in [6.45, 7) is 10.1. The van der Waals surface area contributed by atoms with Gasteiger partial charge in [-0.15, -0.1) is 0 Å². The summed E-state index contributed by atoms with van der Waals surface area (Å²) in [5.41, 5.74) is 11.6. The van der Waals surface area contributed by atoms with E-state index in [4.69, 9.17) is 10.8 Å².